The zero-order valence-electron chi connectivity index (χ0n) is 39.5. The smallest absolute Gasteiger partial charge is 0.296 e. The number of fused-ring (bicyclic) bond motifs is 2. The summed E-state index contributed by atoms with van der Waals surface area (Å²) in [5.41, 5.74) is -2.45. The van der Waals surface area contributed by atoms with Crippen LogP contribution in [-0.2, 0) is 45.2 Å². The number of aromatic hydroxyl groups is 2. The van der Waals surface area contributed by atoms with Gasteiger partial charge in [0.05, 0.1) is 42.0 Å². The SMILES string of the molecule is COc1ccc(N=Nc2c(S(=O)(=O)O)cc3cc(Nc4nc(N5CCOCC5)[nH]c(=Nc5cc(S(=O)(=O)O)cc6cc(S(=O)(=O)O)c(N=Nc7ccccc7)c(O)c56)n4)ccc3c2O)c(S(=O)(=O)O)c1.[Na].[Na].[Na].[Na]. The number of phenols is 2. The van der Waals surface area contributed by atoms with Crippen LogP contribution in [0.2, 0.25) is 0 Å². The first-order valence-electron chi connectivity index (χ1n) is 19.7. The van der Waals surface area contributed by atoms with Gasteiger partial charge in [0.25, 0.3) is 40.5 Å². The van der Waals surface area contributed by atoms with Gasteiger partial charge in [0.15, 0.2) is 11.5 Å². The minimum Gasteiger partial charge on any atom is -0.505 e. The first-order chi connectivity index (χ1) is 33.0. The molecular weight excluding hydrogens is 1100 g/mol. The quantitative estimate of drug-likeness (QED) is 0.0443. The number of morpholine rings is 1. The summed E-state index contributed by atoms with van der Waals surface area (Å²) in [7, 11) is -19.1. The van der Waals surface area contributed by atoms with Gasteiger partial charge in [-0.15, -0.1) is 15.3 Å². The van der Waals surface area contributed by atoms with Gasteiger partial charge < -0.3 is 29.9 Å². The molecule has 74 heavy (non-hydrogen) atoms. The van der Waals surface area contributed by atoms with Crippen LogP contribution in [0.15, 0.2) is 136 Å². The van der Waals surface area contributed by atoms with Crippen molar-refractivity contribution in [2.45, 2.75) is 19.6 Å². The van der Waals surface area contributed by atoms with Crippen LogP contribution in [0.1, 0.15) is 0 Å². The molecule has 1 aromatic heterocycles. The zero-order chi connectivity index (χ0) is 50.3. The summed E-state index contributed by atoms with van der Waals surface area (Å²) >= 11 is 0. The number of benzene rings is 6. The van der Waals surface area contributed by atoms with Crippen LogP contribution in [0.25, 0.3) is 21.5 Å². The van der Waals surface area contributed by atoms with Gasteiger partial charge in [0.2, 0.25) is 17.5 Å². The Morgan fingerprint density at radius 3 is 1.85 bits per heavy atom. The molecule has 8 N–H and O–H groups in total. The van der Waals surface area contributed by atoms with Crippen LogP contribution < -0.4 is 20.6 Å². The normalized spacial score (nSPS) is 13.5. The molecule has 1 aliphatic heterocycles. The number of ether oxygens (including phenoxy) is 2. The molecular formula is C40H34N10Na4O16S4. The summed E-state index contributed by atoms with van der Waals surface area (Å²) in [5.74, 6) is -1.84. The number of methoxy groups -OCH3 is 1. The van der Waals surface area contributed by atoms with E-state index < -0.39 is 94.3 Å². The Labute approximate surface area is 509 Å². The average molecular weight is 1130 g/mol. The second-order valence-corrected chi connectivity index (χ2v) is 20.3. The third kappa shape index (κ3) is 14.5. The maximum atomic E-state index is 12.7. The summed E-state index contributed by atoms with van der Waals surface area (Å²) in [6, 6.07) is 18.6. The Morgan fingerprint density at radius 1 is 0.635 bits per heavy atom. The monoisotopic (exact) mass is 1130 g/mol. The molecule has 8 rings (SSSR count). The summed E-state index contributed by atoms with van der Waals surface area (Å²) in [6.45, 7) is 1.13. The molecule has 0 spiro atoms. The van der Waals surface area contributed by atoms with E-state index in [-0.39, 0.29) is 188 Å². The predicted molar refractivity (Wildman–Crippen MR) is 269 cm³/mol. The standard InChI is InChI=1S/C40H34N10O16S4.4Na/c1-65-25-8-10-28(30(19-25)68(56,57)58)47-49-34-31(69(59,60)61)17-21-15-24(7-9-27(21)36(34)51)41-38-43-39(45-40(44-38)50-11-13-66-14-12-50)42-29-20-26(67(53,54)55)16-22-18-32(70(62,63)64)35(37(52)33(22)29)48-46-23-5-3-2-4-6-23;;;;/h2-10,15-20,51-52H,11-14H2,1H3,(H,53,54,55)(H,56,57,58)(H,59,60,61)(H,62,63,64)(H2,41,42,43,44,45);;;;. The van der Waals surface area contributed by atoms with E-state index in [4.69, 9.17) is 9.47 Å². The molecule has 34 heteroatoms. The molecule has 1 fully saturated rings. The van der Waals surface area contributed by atoms with Crippen molar-refractivity contribution in [3.63, 3.8) is 0 Å². The molecule has 0 aliphatic carbocycles. The Hall–Kier alpha value is -3.55. The van der Waals surface area contributed by atoms with Gasteiger partial charge >= 0.3 is 0 Å². The maximum absolute atomic E-state index is 12.7. The second-order valence-electron chi connectivity index (χ2n) is 14.7. The Morgan fingerprint density at radius 2 is 1.24 bits per heavy atom. The number of hydrogen-bond donors (Lipinski definition) is 8. The first-order valence-corrected chi connectivity index (χ1v) is 25.5. The first kappa shape index (κ1) is 63.0. The van der Waals surface area contributed by atoms with Crippen molar-refractivity contribution in [3.05, 3.63) is 96.6 Å². The van der Waals surface area contributed by atoms with Gasteiger partial charge in [-0.1, -0.05) is 18.2 Å². The molecule has 7 aromatic rings. The summed E-state index contributed by atoms with van der Waals surface area (Å²) < 4.78 is 151. The number of phenolic OH excluding ortho intramolecular Hbond substituents is 2. The number of azo groups is 2. The van der Waals surface area contributed by atoms with E-state index in [2.05, 4.69) is 45.7 Å². The molecule has 0 atom stereocenters. The third-order valence-electron chi connectivity index (χ3n) is 10.2. The van der Waals surface area contributed by atoms with Crippen molar-refractivity contribution < 1.29 is 71.6 Å². The molecule has 1 saturated heterocycles. The van der Waals surface area contributed by atoms with Crippen LogP contribution in [0, 0.1) is 0 Å². The molecule has 0 saturated carbocycles. The van der Waals surface area contributed by atoms with E-state index in [1.165, 1.54) is 43.5 Å². The molecule has 0 unspecified atom stereocenters. The van der Waals surface area contributed by atoms with Crippen molar-refractivity contribution in [2.24, 2.45) is 25.4 Å². The van der Waals surface area contributed by atoms with Gasteiger partial charge in [-0.25, -0.2) is 4.99 Å². The van der Waals surface area contributed by atoms with E-state index in [0.29, 0.717) is 13.1 Å². The molecule has 0 amide bonds. The number of aromatic nitrogens is 3. The van der Waals surface area contributed by atoms with Crippen molar-refractivity contribution in [1.29, 1.82) is 0 Å². The van der Waals surface area contributed by atoms with E-state index in [1.54, 1.807) is 23.1 Å². The van der Waals surface area contributed by atoms with Crippen molar-refractivity contribution >= 4 is 226 Å². The van der Waals surface area contributed by atoms with E-state index in [0.717, 1.165) is 36.4 Å². The number of anilines is 3. The number of nitrogens with one attached hydrogen (secondary N) is 2. The topological polar surface area (TPSA) is 395 Å². The van der Waals surface area contributed by atoms with Crippen LogP contribution in [0.4, 0.5) is 46.0 Å². The maximum Gasteiger partial charge on any atom is 0.296 e. The third-order valence-corrected chi connectivity index (χ3v) is 13.6. The van der Waals surface area contributed by atoms with Crippen molar-refractivity contribution in [3.8, 4) is 17.2 Å². The fraction of sp³-hybridized carbons (Fsp3) is 0.125. The minimum absolute atomic E-state index is 0. The minimum atomic E-state index is -5.19. The van der Waals surface area contributed by atoms with Crippen LogP contribution in [0.5, 0.6) is 17.2 Å². The second kappa shape index (κ2) is 25.3. The fourth-order valence-electron chi connectivity index (χ4n) is 6.97. The predicted octanol–water partition coefficient (Wildman–Crippen LogP) is 4.64. The number of hydrogen-bond acceptors (Lipinski definition) is 21. The molecule has 2 heterocycles. The van der Waals surface area contributed by atoms with Gasteiger partial charge in [-0.2, -0.15) is 48.8 Å². The molecule has 26 nitrogen and oxygen atoms in total. The Bertz CT molecular complexity index is 3890. The number of H-pyrrole nitrogens is 1. The van der Waals surface area contributed by atoms with E-state index in [9.17, 15) is 62.1 Å². The van der Waals surface area contributed by atoms with Crippen LogP contribution in [-0.4, -0.2) is 229 Å². The molecule has 368 valence electrons. The van der Waals surface area contributed by atoms with Gasteiger partial charge in [0.1, 0.15) is 37.5 Å². The summed E-state index contributed by atoms with van der Waals surface area (Å²) in [4.78, 5) is 14.5. The summed E-state index contributed by atoms with van der Waals surface area (Å²) in [5, 5.41) is 40.5. The average Bonchev–Trinajstić information content (AvgIpc) is 3.30. The van der Waals surface area contributed by atoms with Crippen LogP contribution in [0.3, 0.4) is 0 Å². The molecule has 1 aliphatic rings. The summed E-state index contributed by atoms with van der Waals surface area (Å²) in [6.07, 6.45) is 0. The number of rotatable bonds is 13. The number of aromatic amines is 1. The molecule has 0 bridgehead atoms. The van der Waals surface area contributed by atoms with E-state index >= 15 is 0 Å². The molecule has 6 aromatic carbocycles. The fourth-order valence-corrected chi connectivity index (χ4v) is 9.46. The molecule has 4 radical (unpaired) electrons. The van der Waals surface area contributed by atoms with Crippen molar-refractivity contribution in [1.82, 2.24) is 15.0 Å². The van der Waals surface area contributed by atoms with Gasteiger partial charge in [0, 0.05) is 148 Å². The zero-order valence-corrected chi connectivity index (χ0v) is 50.7. The Kier molecular flexibility index (Phi) is 21.5. The Balaban J connectivity index is 0.00000296. The van der Waals surface area contributed by atoms with Crippen molar-refractivity contribution in [2.75, 3.05) is 43.6 Å². The van der Waals surface area contributed by atoms with Crippen LogP contribution >= 0.6 is 0 Å². The van der Waals surface area contributed by atoms with Gasteiger partial charge in [-0.3, -0.25) is 23.2 Å². The van der Waals surface area contributed by atoms with Gasteiger partial charge in [-0.05, 0) is 77.5 Å². The largest absolute Gasteiger partial charge is 0.505 e. The number of nitrogens with zero attached hydrogens (tertiary/aromatic N) is 8. The van der Waals surface area contributed by atoms with E-state index in [1.807, 2.05) is 0 Å².